The number of fused-ring (bicyclic) bond motifs is 1. The smallest absolute Gasteiger partial charge is 0.262 e. The van der Waals surface area contributed by atoms with E-state index in [1.165, 1.54) is 11.8 Å². The van der Waals surface area contributed by atoms with Gasteiger partial charge in [-0.15, -0.1) is 0 Å². The second-order valence-corrected chi connectivity index (χ2v) is 8.74. The molecule has 1 aliphatic carbocycles. The van der Waals surface area contributed by atoms with Crippen molar-refractivity contribution < 1.29 is 4.79 Å². The monoisotopic (exact) mass is 418 g/mol. The maximum atomic E-state index is 13.2. The van der Waals surface area contributed by atoms with Crippen LogP contribution >= 0.6 is 11.8 Å². The Bertz CT molecular complexity index is 1190. The summed E-state index contributed by atoms with van der Waals surface area (Å²) in [5, 5.41) is 12.8. The van der Waals surface area contributed by atoms with Crippen molar-refractivity contribution >= 4 is 34.3 Å². The molecule has 1 N–H and O–H groups in total. The highest BCUT2D eigenvalue weighted by atomic mass is 32.2. The molecule has 0 saturated heterocycles. The highest BCUT2D eigenvalue weighted by molar-refractivity contribution is 8.00. The zero-order chi connectivity index (χ0) is 21.1. The lowest BCUT2D eigenvalue weighted by molar-refractivity contribution is -0.115. The average molecular weight is 419 g/mol. The van der Waals surface area contributed by atoms with Crippen molar-refractivity contribution in [2.24, 2.45) is 0 Å². The Balaban J connectivity index is 1.65. The third-order valence-electron chi connectivity index (χ3n) is 5.42. The maximum absolute atomic E-state index is 13.2. The second kappa shape index (κ2) is 8.72. The van der Waals surface area contributed by atoms with Crippen LogP contribution in [0.15, 0.2) is 58.5 Å². The minimum Gasteiger partial charge on any atom is -0.324 e. The molecule has 1 saturated carbocycles. The summed E-state index contributed by atoms with van der Waals surface area (Å²) in [7, 11) is 0. The van der Waals surface area contributed by atoms with E-state index in [-0.39, 0.29) is 17.5 Å². The van der Waals surface area contributed by atoms with E-state index in [4.69, 9.17) is 4.98 Å². The van der Waals surface area contributed by atoms with Gasteiger partial charge in [-0.05, 0) is 44.0 Å². The number of amides is 1. The van der Waals surface area contributed by atoms with Crippen LogP contribution in [-0.2, 0) is 4.79 Å². The summed E-state index contributed by atoms with van der Waals surface area (Å²) in [4.78, 5) is 30.8. The van der Waals surface area contributed by atoms with E-state index >= 15 is 0 Å². The van der Waals surface area contributed by atoms with Gasteiger partial charge in [-0.2, -0.15) is 5.26 Å². The Hall–Kier alpha value is -3.11. The summed E-state index contributed by atoms with van der Waals surface area (Å²) in [6.45, 7) is 1.79. The SMILES string of the molecule is C[C@H](Sc1nc2ccccc2c(=O)n1C1CCCC1)C(=O)Nc1ccccc1C#N. The zero-order valence-electron chi connectivity index (χ0n) is 16.7. The fraction of sp³-hybridized carbons (Fsp3) is 0.304. The van der Waals surface area contributed by atoms with Crippen LogP contribution in [0.4, 0.5) is 5.69 Å². The fourth-order valence-electron chi connectivity index (χ4n) is 3.83. The number of rotatable bonds is 5. The standard InChI is InChI=1S/C23H22N4O2S/c1-15(21(28)25-19-12-6-2-8-16(19)14-24)30-23-26-20-13-7-5-11-18(20)22(29)27(23)17-9-3-4-10-17/h2,5-8,11-13,15,17H,3-4,9-10H2,1H3,(H,25,28)/t15-/m0/s1. The van der Waals surface area contributed by atoms with Crippen LogP contribution in [0.1, 0.15) is 44.2 Å². The number of thioether (sulfide) groups is 1. The summed E-state index contributed by atoms with van der Waals surface area (Å²) >= 11 is 1.28. The van der Waals surface area contributed by atoms with E-state index in [0.717, 1.165) is 25.7 Å². The summed E-state index contributed by atoms with van der Waals surface area (Å²) in [6, 6.07) is 16.4. The molecular formula is C23H22N4O2S. The van der Waals surface area contributed by atoms with Gasteiger partial charge in [0.25, 0.3) is 5.56 Å². The van der Waals surface area contributed by atoms with E-state index in [1.54, 1.807) is 41.8 Å². The normalized spacial score (nSPS) is 15.1. The van der Waals surface area contributed by atoms with Gasteiger partial charge in [0.2, 0.25) is 5.91 Å². The maximum Gasteiger partial charge on any atom is 0.262 e. The van der Waals surface area contributed by atoms with Gasteiger partial charge in [-0.3, -0.25) is 14.2 Å². The van der Waals surface area contributed by atoms with Crippen LogP contribution in [-0.4, -0.2) is 20.7 Å². The van der Waals surface area contributed by atoms with Gasteiger partial charge in [0.1, 0.15) is 6.07 Å². The number of hydrogen-bond acceptors (Lipinski definition) is 5. The first kappa shape index (κ1) is 20.2. The lowest BCUT2D eigenvalue weighted by Gasteiger charge is -2.20. The third kappa shape index (κ3) is 3.96. The Morgan fingerprint density at radius 2 is 1.90 bits per heavy atom. The van der Waals surface area contributed by atoms with E-state index in [1.807, 2.05) is 18.2 Å². The first-order chi connectivity index (χ1) is 14.6. The predicted molar refractivity (Wildman–Crippen MR) is 119 cm³/mol. The molecular weight excluding hydrogens is 396 g/mol. The molecule has 1 aromatic heterocycles. The van der Waals surface area contributed by atoms with Gasteiger partial charge in [-0.1, -0.05) is 48.9 Å². The molecule has 1 amide bonds. The van der Waals surface area contributed by atoms with Crippen molar-refractivity contribution in [1.29, 1.82) is 5.26 Å². The molecule has 0 unspecified atom stereocenters. The molecule has 152 valence electrons. The Kier molecular flexibility index (Phi) is 5.86. The molecule has 3 aromatic rings. The molecule has 1 heterocycles. The molecule has 1 aliphatic rings. The molecule has 1 atom stereocenters. The van der Waals surface area contributed by atoms with Crippen LogP contribution in [0.2, 0.25) is 0 Å². The van der Waals surface area contributed by atoms with Gasteiger partial charge >= 0.3 is 0 Å². The largest absolute Gasteiger partial charge is 0.324 e. The molecule has 0 bridgehead atoms. The minimum atomic E-state index is -0.488. The van der Waals surface area contributed by atoms with Gasteiger partial charge < -0.3 is 5.32 Å². The lowest BCUT2D eigenvalue weighted by atomic mass is 10.2. The van der Waals surface area contributed by atoms with Crippen molar-refractivity contribution in [3.63, 3.8) is 0 Å². The van der Waals surface area contributed by atoms with E-state index < -0.39 is 5.25 Å². The number of hydrogen-bond donors (Lipinski definition) is 1. The van der Waals surface area contributed by atoms with Crippen LogP contribution in [0.5, 0.6) is 0 Å². The first-order valence-electron chi connectivity index (χ1n) is 10.1. The summed E-state index contributed by atoms with van der Waals surface area (Å²) < 4.78 is 1.78. The third-order valence-corrected chi connectivity index (χ3v) is 6.49. The number of nitrogens with zero attached hydrogens (tertiary/aromatic N) is 3. The number of aromatic nitrogens is 2. The van der Waals surface area contributed by atoms with Gasteiger partial charge in [-0.25, -0.2) is 4.98 Å². The summed E-state index contributed by atoms with van der Waals surface area (Å²) in [5.41, 5.74) is 1.49. The fourth-order valence-corrected chi connectivity index (χ4v) is 4.81. The summed E-state index contributed by atoms with van der Waals surface area (Å²) in [6.07, 6.45) is 4.08. The van der Waals surface area contributed by atoms with Crippen LogP contribution in [0, 0.1) is 11.3 Å². The average Bonchev–Trinajstić information content (AvgIpc) is 3.28. The number of nitriles is 1. The number of anilines is 1. The van der Waals surface area contributed by atoms with Crippen molar-refractivity contribution in [3.05, 3.63) is 64.4 Å². The number of benzene rings is 2. The molecule has 0 radical (unpaired) electrons. The minimum absolute atomic E-state index is 0.0440. The Morgan fingerprint density at radius 1 is 1.20 bits per heavy atom. The molecule has 30 heavy (non-hydrogen) atoms. The number of para-hydroxylation sites is 2. The number of carbonyl (C=O) groups is 1. The molecule has 7 heteroatoms. The van der Waals surface area contributed by atoms with Crippen molar-refractivity contribution in [3.8, 4) is 6.07 Å². The highest BCUT2D eigenvalue weighted by Gasteiger charge is 2.25. The van der Waals surface area contributed by atoms with E-state index in [0.29, 0.717) is 27.3 Å². The molecule has 4 rings (SSSR count). The van der Waals surface area contributed by atoms with E-state index in [2.05, 4.69) is 11.4 Å². The second-order valence-electron chi connectivity index (χ2n) is 7.43. The number of nitrogens with one attached hydrogen (secondary N) is 1. The topological polar surface area (TPSA) is 87.8 Å². The predicted octanol–water partition coefficient (Wildman–Crippen LogP) is 4.50. The van der Waals surface area contributed by atoms with Crippen molar-refractivity contribution in [1.82, 2.24) is 9.55 Å². The van der Waals surface area contributed by atoms with Crippen LogP contribution in [0.25, 0.3) is 10.9 Å². The Labute approximate surface area is 178 Å². The summed E-state index contributed by atoms with van der Waals surface area (Å²) in [5.74, 6) is -0.233. The highest BCUT2D eigenvalue weighted by Crippen LogP contribution is 2.33. The quantitative estimate of drug-likeness (QED) is 0.487. The molecule has 2 aromatic carbocycles. The van der Waals surface area contributed by atoms with Gasteiger partial charge in [0.15, 0.2) is 5.16 Å². The molecule has 1 fully saturated rings. The first-order valence-corrected chi connectivity index (χ1v) is 10.9. The van der Waals surface area contributed by atoms with Crippen molar-refractivity contribution in [2.45, 2.75) is 49.1 Å². The zero-order valence-corrected chi connectivity index (χ0v) is 17.5. The molecule has 0 spiro atoms. The Morgan fingerprint density at radius 3 is 2.67 bits per heavy atom. The van der Waals surface area contributed by atoms with Crippen molar-refractivity contribution in [2.75, 3.05) is 5.32 Å². The van der Waals surface area contributed by atoms with Gasteiger partial charge in [0.05, 0.1) is 27.4 Å². The van der Waals surface area contributed by atoms with Crippen LogP contribution < -0.4 is 10.9 Å². The molecule has 0 aliphatic heterocycles. The molecule has 6 nitrogen and oxygen atoms in total. The van der Waals surface area contributed by atoms with Crippen LogP contribution in [0.3, 0.4) is 0 Å². The van der Waals surface area contributed by atoms with E-state index in [9.17, 15) is 14.9 Å². The van der Waals surface area contributed by atoms with Gasteiger partial charge in [0, 0.05) is 6.04 Å². The number of carbonyl (C=O) groups excluding carboxylic acids is 1. The lowest BCUT2D eigenvalue weighted by Crippen LogP contribution is -2.29.